The predicted molar refractivity (Wildman–Crippen MR) is 131 cm³/mol. The van der Waals surface area contributed by atoms with Crippen LogP contribution in [0.2, 0.25) is 5.02 Å². The fourth-order valence-electron chi connectivity index (χ4n) is 3.56. The predicted octanol–water partition coefficient (Wildman–Crippen LogP) is 5.47. The summed E-state index contributed by atoms with van der Waals surface area (Å²) < 4.78 is 5.46. The van der Waals surface area contributed by atoms with Gasteiger partial charge in [-0.3, -0.25) is 0 Å². The van der Waals surface area contributed by atoms with E-state index in [9.17, 15) is 4.79 Å². The Labute approximate surface area is 197 Å². The number of carbonyl (C=O) groups is 2. The number of ether oxygens (including phenoxy) is 1. The normalized spacial score (nSPS) is 16.2. The van der Waals surface area contributed by atoms with Crippen molar-refractivity contribution in [2.75, 3.05) is 43.4 Å². The molecule has 1 amide bonds. The van der Waals surface area contributed by atoms with Gasteiger partial charge in [-0.25, -0.2) is 9.78 Å². The molecule has 0 bridgehead atoms. The summed E-state index contributed by atoms with van der Waals surface area (Å²) in [4.78, 5) is 30.1. The van der Waals surface area contributed by atoms with Crippen molar-refractivity contribution in [1.29, 1.82) is 0 Å². The third-order valence-corrected chi connectivity index (χ3v) is 7.09. The number of rotatable bonds is 3. The summed E-state index contributed by atoms with van der Waals surface area (Å²) >= 11 is 9.38. The van der Waals surface area contributed by atoms with Gasteiger partial charge in [-0.05, 0) is 26.8 Å². The van der Waals surface area contributed by atoms with Crippen LogP contribution in [-0.4, -0.2) is 61.6 Å². The van der Waals surface area contributed by atoms with E-state index in [4.69, 9.17) is 26.1 Å². The summed E-state index contributed by atoms with van der Waals surface area (Å²) in [5.41, 5.74) is 0.721. The van der Waals surface area contributed by atoms with E-state index in [-0.39, 0.29) is 11.5 Å². The molecule has 0 unspecified atom stereocenters. The fraction of sp³-hybridized carbons (Fsp3) is 0.571. The van der Waals surface area contributed by atoms with E-state index in [1.165, 1.54) is 5.00 Å². The topological polar surface area (TPSA) is 74.8 Å². The van der Waals surface area contributed by atoms with Crippen LogP contribution in [0.4, 0.5) is 14.9 Å². The third-order valence-electron chi connectivity index (χ3n) is 4.67. The molecule has 2 aliphatic heterocycles. The second-order valence-electron chi connectivity index (χ2n) is 8.24. The Kier molecular flexibility index (Phi) is 8.35. The van der Waals surface area contributed by atoms with Gasteiger partial charge in [-0.2, -0.15) is 0 Å². The van der Waals surface area contributed by atoms with Crippen LogP contribution >= 0.6 is 34.3 Å². The van der Waals surface area contributed by atoms with Crippen LogP contribution in [0.15, 0.2) is 11.4 Å². The SMILES string of the molecule is C=O.CC.CNc1nc(-c2cc(Cl)cs2)c(N2CC3(CN(C(=O)OC(C)(C)C)C3)C2)s1. The first kappa shape index (κ1) is 25.4. The van der Waals surface area contributed by atoms with Gasteiger partial charge in [-0.1, -0.05) is 36.8 Å². The number of thiazole rings is 1. The standard InChI is InChI=1S/C18H23ClN4O2S2.C2H6.CH2O/c1-17(2,3)25-16(24)23-9-18(10-23)7-22(8-18)14-13(21-15(20-4)27-14)12-5-11(19)6-26-12;2*1-2/h5-6H,7-10H2,1-4H3,(H,20,21);1-2H3;1H2. The summed E-state index contributed by atoms with van der Waals surface area (Å²) in [5, 5.41) is 7.88. The highest BCUT2D eigenvalue weighted by atomic mass is 35.5. The minimum absolute atomic E-state index is 0.186. The molecule has 10 heteroatoms. The monoisotopic (exact) mass is 486 g/mol. The lowest BCUT2D eigenvalue weighted by Gasteiger charge is -2.60. The number of thiophene rings is 1. The molecule has 0 aliphatic carbocycles. The molecule has 1 N–H and O–H groups in total. The molecule has 2 saturated heterocycles. The molecule has 0 radical (unpaired) electrons. The zero-order valence-corrected chi connectivity index (χ0v) is 21.3. The van der Waals surface area contributed by atoms with Gasteiger partial charge in [0.05, 0.1) is 9.90 Å². The number of hydrogen-bond donors (Lipinski definition) is 1. The van der Waals surface area contributed by atoms with Crippen LogP contribution in [0.5, 0.6) is 0 Å². The Morgan fingerprint density at radius 1 is 1.26 bits per heavy atom. The average Bonchev–Trinajstić information content (AvgIpc) is 3.27. The number of nitrogens with one attached hydrogen (secondary N) is 1. The van der Waals surface area contributed by atoms with E-state index in [2.05, 4.69) is 10.2 Å². The summed E-state index contributed by atoms with van der Waals surface area (Å²) in [6.07, 6.45) is -0.212. The van der Waals surface area contributed by atoms with Crippen LogP contribution in [0.3, 0.4) is 0 Å². The molecule has 31 heavy (non-hydrogen) atoms. The minimum atomic E-state index is -0.450. The van der Waals surface area contributed by atoms with Crippen LogP contribution < -0.4 is 10.2 Å². The molecule has 4 heterocycles. The molecule has 0 atom stereocenters. The molecule has 2 fully saturated rings. The zero-order chi connectivity index (χ0) is 23.4. The number of aromatic nitrogens is 1. The second-order valence-corrected chi connectivity index (χ2v) is 10.6. The number of likely N-dealkylation sites (tertiary alicyclic amines) is 1. The van der Waals surface area contributed by atoms with Crippen LogP contribution in [-0.2, 0) is 9.53 Å². The van der Waals surface area contributed by atoms with E-state index < -0.39 is 5.60 Å². The Morgan fingerprint density at radius 3 is 2.35 bits per heavy atom. The molecule has 2 aromatic rings. The van der Waals surface area contributed by atoms with Gasteiger partial charge >= 0.3 is 6.09 Å². The Morgan fingerprint density at radius 2 is 1.87 bits per heavy atom. The van der Waals surface area contributed by atoms with Gasteiger partial charge in [-0.15, -0.1) is 11.3 Å². The Balaban J connectivity index is 0.000000807. The fourth-order valence-corrected chi connectivity index (χ4v) is 5.62. The smallest absolute Gasteiger partial charge is 0.410 e. The van der Waals surface area contributed by atoms with E-state index in [0.717, 1.165) is 46.9 Å². The number of nitrogens with zero attached hydrogens (tertiary/aromatic N) is 3. The lowest BCUT2D eigenvalue weighted by Crippen LogP contribution is -2.73. The third kappa shape index (κ3) is 5.70. The van der Waals surface area contributed by atoms with Crippen LogP contribution in [0.1, 0.15) is 34.6 Å². The Bertz CT molecular complexity index is 880. The van der Waals surface area contributed by atoms with E-state index in [1.807, 2.05) is 59.9 Å². The van der Waals surface area contributed by atoms with Crippen molar-refractivity contribution in [3.63, 3.8) is 0 Å². The van der Waals surface area contributed by atoms with Crippen LogP contribution in [0, 0.1) is 5.41 Å². The summed E-state index contributed by atoms with van der Waals surface area (Å²) in [6.45, 7) is 15.1. The maximum absolute atomic E-state index is 12.2. The van der Waals surface area contributed by atoms with Gasteiger partial charge in [0, 0.05) is 44.0 Å². The highest BCUT2D eigenvalue weighted by Crippen LogP contribution is 2.48. The van der Waals surface area contributed by atoms with E-state index >= 15 is 0 Å². The van der Waals surface area contributed by atoms with E-state index in [0.29, 0.717) is 0 Å². The number of anilines is 2. The first-order valence-corrected chi connectivity index (χ1v) is 12.2. The van der Waals surface area contributed by atoms with Crippen molar-refractivity contribution < 1.29 is 14.3 Å². The highest BCUT2D eigenvalue weighted by molar-refractivity contribution is 7.21. The molecular weight excluding hydrogens is 456 g/mol. The summed E-state index contributed by atoms with van der Waals surface area (Å²) in [6, 6.07) is 1.97. The molecule has 0 aromatic carbocycles. The first-order valence-electron chi connectivity index (χ1n) is 10.1. The maximum Gasteiger partial charge on any atom is 0.410 e. The maximum atomic E-state index is 12.2. The van der Waals surface area contributed by atoms with Crippen molar-refractivity contribution >= 4 is 57.3 Å². The van der Waals surface area contributed by atoms with Crippen molar-refractivity contribution in [3.05, 3.63) is 16.5 Å². The molecule has 1 spiro atoms. The minimum Gasteiger partial charge on any atom is -0.444 e. The summed E-state index contributed by atoms with van der Waals surface area (Å²) in [5.74, 6) is 0. The molecule has 2 aliphatic rings. The van der Waals surface area contributed by atoms with Gasteiger partial charge in [0.25, 0.3) is 0 Å². The molecule has 4 rings (SSSR count). The zero-order valence-electron chi connectivity index (χ0n) is 19.0. The van der Waals surface area contributed by atoms with Gasteiger partial charge in [0.1, 0.15) is 23.1 Å². The summed E-state index contributed by atoms with van der Waals surface area (Å²) in [7, 11) is 1.88. The second kappa shape index (κ2) is 10.2. The number of halogens is 1. The largest absolute Gasteiger partial charge is 0.444 e. The van der Waals surface area contributed by atoms with Crippen molar-refractivity contribution in [2.45, 2.75) is 40.2 Å². The lowest BCUT2D eigenvalue weighted by molar-refractivity contribution is -0.0980. The van der Waals surface area contributed by atoms with Gasteiger partial charge in [0.2, 0.25) is 0 Å². The highest BCUT2D eigenvalue weighted by Gasteiger charge is 2.54. The number of hydrogen-bond acceptors (Lipinski definition) is 8. The van der Waals surface area contributed by atoms with Crippen molar-refractivity contribution in [3.8, 4) is 10.6 Å². The molecule has 7 nitrogen and oxygen atoms in total. The lowest BCUT2D eigenvalue weighted by atomic mass is 9.73. The average molecular weight is 487 g/mol. The van der Waals surface area contributed by atoms with E-state index in [1.54, 1.807) is 27.6 Å². The molecule has 172 valence electrons. The first-order chi connectivity index (χ1) is 14.7. The van der Waals surface area contributed by atoms with Gasteiger partial charge in [0.15, 0.2) is 5.13 Å². The van der Waals surface area contributed by atoms with Crippen molar-refractivity contribution in [2.24, 2.45) is 5.41 Å². The molecular formula is C21H31ClN4O3S2. The number of amides is 1. The molecule has 2 aromatic heterocycles. The number of carbonyl (C=O) groups excluding carboxylic acids is 2. The van der Waals surface area contributed by atoms with Gasteiger partial charge < -0.3 is 24.6 Å². The van der Waals surface area contributed by atoms with Crippen LogP contribution in [0.25, 0.3) is 10.6 Å². The quantitative estimate of drug-likeness (QED) is 0.620. The van der Waals surface area contributed by atoms with Crippen molar-refractivity contribution in [1.82, 2.24) is 9.88 Å². The Hall–Kier alpha value is -1.84. The molecule has 0 saturated carbocycles.